The quantitative estimate of drug-likeness (QED) is 0.0272. The maximum absolute atomic E-state index is 12.5. The Labute approximate surface area is 273 Å². The van der Waals surface area contributed by atoms with Gasteiger partial charge in [-0.25, -0.2) is 4.57 Å². The Balaban J connectivity index is 4.40. The van der Waals surface area contributed by atoms with Crippen LogP contribution in [0.3, 0.4) is 0 Å². The number of ether oxygens (including phenoxy) is 2. The molecule has 0 aliphatic heterocycles. The molecule has 0 bridgehead atoms. The number of phosphoric acid groups is 1. The average Bonchev–Trinajstić information content (AvgIpc) is 3.02. The molecule has 266 valence electrons. The Kier molecular flexibility index (Phi) is 30.4. The molecule has 3 N–H and O–H groups in total. The summed E-state index contributed by atoms with van der Waals surface area (Å²) in [6, 6.07) is 0. The largest absolute Gasteiger partial charge is 0.472 e. The highest BCUT2D eigenvalue weighted by molar-refractivity contribution is 7.47. The van der Waals surface area contributed by atoms with E-state index >= 15 is 0 Å². The van der Waals surface area contributed by atoms with Crippen LogP contribution in [0.2, 0.25) is 0 Å². The zero-order chi connectivity index (χ0) is 33.4. The van der Waals surface area contributed by atoms with Crippen molar-refractivity contribution in [1.29, 1.82) is 0 Å². The summed E-state index contributed by atoms with van der Waals surface area (Å²) in [5, 5.41) is 18.2. The van der Waals surface area contributed by atoms with Gasteiger partial charge in [0.1, 0.15) is 12.7 Å². The van der Waals surface area contributed by atoms with Crippen LogP contribution in [0.25, 0.3) is 0 Å². The van der Waals surface area contributed by atoms with E-state index in [2.05, 4.69) is 24.4 Å². The number of phosphoric ester groups is 1. The van der Waals surface area contributed by atoms with E-state index in [1.807, 2.05) is 6.08 Å². The van der Waals surface area contributed by atoms with Gasteiger partial charge in [-0.2, -0.15) is 0 Å². The van der Waals surface area contributed by atoms with Crippen LogP contribution in [0.5, 0.6) is 0 Å². The molecule has 1 unspecified atom stereocenters. The number of unbranched alkanes of at least 4 members (excludes halogenated alkanes) is 17. The molecule has 45 heavy (non-hydrogen) atoms. The standard InChI is InChI=1S/C34H65O10P/c1-3-5-7-9-11-12-13-14-15-16-17-18-20-22-24-26-34(38)44-32(30-43-45(39,40)42-28-31(36)27-35)29-41-33(37)25-23-21-19-10-8-6-4-2/h20,22,31-32,35-36H,3-19,21,23-30H2,1-2H3,(H,39,40)/b22-20+/t31-,32+/m0/s1. The summed E-state index contributed by atoms with van der Waals surface area (Å²) in [7, 11) is -4.61. The van der Waals surface area contributed by atoms with Crippen molar-refractivity contribution in [3.05, 3.63) is 12.2 Å². The average molecular weight is 665 g/mol. The minimum atomic E-state index is -4.61. The van der Waals surface area contributed by atoms with Crippen molar-refractivity contribution in [1.82, 2.24) is 0 Å². The number of rotatable bonds is 33. The molecule has 0 aliphatic carbocycles. The zero-order valence-electron chi connectivity index (χ0n) is 28.3. The molecule has 0 aromatic carbocycles. The minimum absolute atomic E-state index is 0.104. The summed E-state index contributed by atoms with van der Waals surface area (Å²) in [4.78, 5) is 34.5. The molecule has 3 atom stereocenters. The molecule has 10 nitrogen and oxygen atoms in total. The van der Waals surface area contributed by atoms with Gasteiger partial charge in [0.05, 0.1) is 19.8 Å². The Hall–Kier alpha value is -1.29. The van der Waals surface area contributed by atoms with Crippen molar-refractivity contribution in [3.8, 4) is 0 Å². The molecule has 0 aromatic heterocycles. The number of esters is 2. The van der Waals surface area contributed by atoms with E-state index in [1.165, 1.54) is 83.5 Å². The lowest BCUT2D eigenvalue weighted by Crippen LogP contribution is -2.29. The third-order valence-electron chi connectivity index (χ3n) is 7.43. The molecule has 0 rings (SSSR count). The molecular weight excluding hydrogens is 599 g/mol. The summed E-state index contributed by atoms with van der Waals surface area (Å²) in [6.45, 7) is 2.27. The monoisotopic (exact) mass is 664 g/mol. The first kappa shape index (κ1) is 43.7. The van der Waals surface area contributed by atoms with Gasteiger partial charge in [0.25, 0.3) is 0 Å². The molecule has 0 heterocycles. The van der Waals surface area contributed by atoms with Gasteiger partial charge in [0, 0.05) is 12.8 Å². The lowest BCUT2D eigenvalue weighted by atomic mass is 10.1. The predicted octanol–water partition coefficient (Wildman–Crippen LogP) is 8.11. The molecule has 0 saturated heterocycles. The van der Waals surface area contributed by atoms with E-state index in [9.17, 15) is 24.2 Å². The van der Waals surface area contributed by atoms with Gasteiger partial charge in [0.15, 0.2) is 6.10 Å². The van der Waals surface area contributed by atoms with Crippen molar-refractivity contribution in [2.75, 3.05) is 26.4 Å². The van der Waals surface area contributed by atoms with Crippen molar-refractivity contribution < 1.29 is 47.8 Å². The van der Waals surface area contributed by atoms with Crippen LogP contribution in [0.15, 0.2) is 12.2 Å². The Morgan fingerprint density at radius 2 is 1.13 bits per heavy atom. The number of aliphatic hydroxyl groups excluding tert-OH is 2. The van der Waals surface area contributed by atoms with Crippen LogP contribution in [-0.4, -0.2) is 65.7 Å². The van der Waals surface area contributed by atoms with Gasteiger partial charge < -0.3 is 24.6 Å². The molecule has 0 amide bonds. The van der Waals surface area contributed by atoms with Gasteiger partial charge in [-0.3, -0.25) is 18.6 Å². The zero-order valence-corrected chi connectivity index (χ0v) is 29.2. The van der Waals surface area contributed by atoms with E-state index in [4.69, 9.17) is 19.1 Å². The molecule has 0 radical (unpaired) electrons. The van der Waals surface area contributed by atoms with E-state index in [1.54, 1.807) is 0 Å². The molecule has 0 aliphatic rings. The maximum atomic E-state index is 12.5. The molecule has 0 aromatic rings. The summed E-state index contributed by atoms with van der Waals surface area (Å²) >= 11 is 0. The van der Waals surface area contributed by atoms with Gasteiger partial charge in [-0.1, -0.05) is 129 Å². The van der Waals surface area contributed by atoms with Crippen LogP contribution in [0.4, 0.5) is 0 Å². The molecular formula is C34H65O10P. The topological polar surface area (TPSA) is 149 Å². The van der Waals surface area contributed by atoms with E-state index in [0.29, 0.717) is 12.8 Å². The fourth-order valence-electron chi connectivity index (χ4n) is 4.66. The van der Waals surface area contributed by atoms with E-state index in [-0.39, 0.29) is 19.4 Å². The highest BCUT2D eigenvalue weighted by Crippen LogP contribution is 2.43. The third kappa shape index (κ3) is 31.1. The van der Waals surface area contributed by atoms with Gasteiger partial charge >= 0.3 is 19.8 Å². The number of carbonyl (C=O) groups is 2. The molecule has 0 spiro atoms. The van der Waals surface area contributed by atoms with Gasteiger partial charge in [-0.15, -0.1) is 0 Å². The second-order valence-corrected chi connectivity index (χ2v) is 13.4. The molecule has 0 fully saturated rings. The van der Waals surface area contributed by atoms with Crippen molar-refractivity contribution in [2.24, 2.45) is 0 Å². The fraction of sp³-hybridized carbons (Fsp3) is 0.882. The van der Waals surface area contributed by atoms with Crippen LogP contribution in [0.1, 0.15) is 155 Å². The molecule has 0 saturated carbocycles. The predicted molar refractivity (Wildman–Crippen MR) is 178 cm³/mol. The van der Waals surface area contributed by atoms with Crippen molar-refractivity contribution in [3.63, 3.8) is 0 Å². The normalized spacial score (nSPS) is 14.3. The Morgan fingerprint density at radius 1 is 0.644 bits per heavy atom. The highest BCUT2D eigenvalue weighted by Gasteiger charge is 2.27. The Bertz CT molecular complexity index is 776. The van der Waals surface area contributed by atoms with Crippen LogP contribution < -0.4 is 0 Å². The van der Waals surface area contributed by atoms with Crippen molar-refractivity contribution >= 4 is 19.8 Å². The highest BCUT2D eigenvalue weighted by atomic mass is 31.2. The first-order chi connectivity index (χ1) is 21.7. The van der Waals surface area contributed by atoms with Crippen molar-refractivity contribution in [2.45, 2.75) is 167 Å². The number of aliphatic hydroxyl groups is 2. The smallest absolute Gasteiger partial charge is 0.462 e. The first-order valence-corrected chi connectivity index (χ1v) is 19.1. The summed E-state index contributed by atoms with van der Waals surface area (Å²) in [6.07, 6.45) is 25.1. The number of hydrogen-bond donors (Lipinski definition) is 3. The van der Waals surface area contributed by atoms with Gasteiger partial charge in [-0.05, 0) is 25.7 Å². The van der Waals surface area contributed by atoms with Crippen LogP contribution in [-0.2, 0) is 32.7 Å². The molecule has 11 heteroatoms. The second kappa shape index (κ2) is 31.3. The Morgan fingerprint density at radius 3 is 1.69 bits per heavy atom. The number of hydrogen-bond acceptors (Lipinski definition) is 9. The number of allylic oxidation sites excluding steroid dienone is 2. The second-order valence-electron chi connectivity index (χ2n) is 11.9. The number of carbonyl (C=O) groups excluding carboxylic acids is 2. The van der Waals surface area contributed by atoms with Gasteiger partial charge in [0.2, 0.25) is 0 Å². The van der Waals surface area contributed by atoms with Crippen LogP contribution in [0, 0.1) is 0 Å². The van der Waals surface area contributed by atoms with E-state index < -0.39 is 51.8 Å². The minimum Gasteiger partial charge on any atom is -0.462 e. The maximum Gasteiger partial charge on any atom is 0.472 e. The summed E-state index contributed by atoms with van der Waals surface area (Å²) in [5.74, 6) is -0.986. The first-order valence-electron chi connectivity index (χ1n) is 17.6. The fourth-order valence-corrected chi connectivity index (χ4v) is 5.45. The SMILES string of the molecule is CCCCCCCCCCCCC/C=C/CCC(=O)O[C@H](COC(=O)CCCCCCCCC)COP(=O)(O)OC[C@@H](O)CO. The van der Waals surface area contributed by atoms with E-state index in [0.717, 1.165) is 32.1 Å². The lowest BCUT2D eigenvalue weighted by Gasteiger charge is -2.20. The third-order valence-corrected chi connectivity index (χ3v) is 8.38. The summed E-state index contributed by atoms with van der Waals surface area (Å²) < 4.78 is 32.3. The van der Waals surface area contributed by atoms with Crippen LogP contribution >= 0.6 is 7.82 Å². The lowest BCUT2D eigenvalue weighted by molar-refractivity contribution is -0.161. The summed E-state index contributed by atoms with van der Waals surface area (Å²) in [5.41, 5.74) is 0.